The van der Waals surface area contributed by atoms with Crippen molar-refractivity contribution in [3.05, 3.63) is 65.7 Å². The first-order valence-corrected chi connectivity index (χ1v) is 17.3. The summed E-state index contributed by atoms with van der Waals surface area (Å²) in [5.41, 5.74) is 1.91. The van der Waals surface area contributed by atoms with Crippen LogP contribution in [0, 0.1) is 5.92 Å². The van der Waals surface area contributed by atoms with Crippen LogP contribution >= 0.6 is 11.8 Å². The predicted molar refractivity (Wildman–Crippen MR) is 179 cm³/mol. The van der Waals surface area contributed by atoms with Crippen LogP contribution in [0.1, 0.15) is 58.1 Å². The van der Waals surface area contributed by atoms with Gasteiger partial charge in [-0.2, -0.15) is 11.8 Å². The molecule has 2 aromatic rings. The van der Waals surface area contributed by atoms with Crippen LogP contribution in [0.5, 0.6) is 0 Å². The van der Waals surface area contributed by atoms with Crippen LogP contribution in [0.25, 0.3) is 0 Å². The van der Waals surface area contributed by atoms with Crippen LogP contribution in [-0.4, -0.2) is 84.3 Å². The summed E-state index contributed by atoms with van der Waals surface area (Å²) in [6, 6.07) is 15.8. The zero-order valence-electron chi connectivity index (χ0n) is 27.4. The number of hydrogen-bond acceptors (Lipinski definition) is 9. The maximum Gasteiger partial charge on any atom is 0.410 e. The molecule has 2 atom stereocenters. The van der Waals surface area contributed by atoms with E-state index in [2.05, 4.69) is 5.32 Å². The van der Waals surface area contributed by atoms with Gasteiger partial charge in [0.05, 0.1) is 12.6 Å². The Balaban J connectivity index is 1.32. The molecule has 0 saturated carbocycles. The molecule has 1 unspecified atom stereocenters. The zero-order valence-corrected chi connectivity index (χ0v) is 28.2. The minimum Gasteiger partial charge on any atom is -0.465 e. The number of anilines is 1. The van der Waals surface area contributed by atoms with Crippen LogP contribution in [0.15, 0.2) is 54.6 Å². The second kappa shape index (κ2) is 16.8. The maximum atomic E-state index is 13.9. The molecule has 11 heteroatoms. The van der Waals surface area contributed by atoms with Crippen molar-refractivity contribution < 1.29 is 33.4 Å². The first kappa shape index (κ1) is 35.3. The van der Waals surface area contributed by atoms with Crippen LogP contribution in [-0.2, 0) is 41.6 Å². The molecule has 2 aliphatic heterocycles. The first-order chi connectivity index (χ1) is 22.0. The lowest BCUT2D eigenvalue weighted by Gasteiger charge is -2.31. The van der Waals surface area contributed by atoms with Crippen molar-refractivity contribution in [2.24, 2.45) is 5.92 Å². The monoisotopic (exact) mass is 653 g/mol. The van der Waals surface area contributed by atoms with Crippen molar-refractivity contribution in [3.63, 3.8) is 0 Å². The Morgan fingerprint density at radius 1 is 0.978 bits per heavy atom. The number of thioether (sulfide) groups is 1. The Morgan fingerprint density at radius 3 is 2.37 bits per heavy atom. The molecule has 2 heterocycles. The lowest BCUT2D eigenvalue weighted by atomic mass is 9.99. The molecule has 0 radical (unpaired) electrons. The van der Waals surface area contributed by atoms with E-state index < -0.39 is 29.6 Å². The number of carbonyl (C=O) groups is 4. The maximum absolute atomic E-state index is 13.9. The Hall–Kier alpha value is -3.57. The summed E-state index contributed by atoms with van der Waals surface area (Å²) in [5.74, 6) is 0.467. The van der Waals surface area contributed by atoms with Gasteiger partial charge in [0.15, 0.2) is 0 Å². The first-order valence-electron chi connectivity index (χ1n) is 16.1. The molecule has 0 spiro atoms. The van der Waals surface area contributed by atoms with Crippen molar-refractivity contribution in [2.45, 2.75) is 77.7 Å². The Kier molecular flexibility index (Phi) is 12.9. The fourth-order valence-corrected chi connectivity index (χ4v) is 6.92. The molecule has 2 amide bonds. The lowest BCUT2D eigenvalue weighted by molar-refractivity contribution is -0.154. The highest BCUT2D eigenvalue weighted by Crippen LogP contribution is 2.28. The van der Waals surface area contributed by atoms with E-state index in [0.717, 1.165) is 29.7 Å². The van der Waals surface area contributed by atoms with Crippen molar-refractivity contribution in [1.29, 1.82) is 0 Å². The molecule has 0 aliphatic carbocycles. The molecule has 4 rings (SSSR count). The lowest BCUT2D eigenvalue weighted by Crippen LogP contribution is -2.54. The van der Waals surface area contributed by atoms with E-state index >= 15 is 0 Å². The molecule has 1 saturated heterocycles. The van der Waals surface area contributed by atoms with Crippen LogP contribution in [0.2, 0.25) is 0 Å². The van der Waals surface area contributed by atoms with Gasteiger partial charge < -0.3 is 19.1 Å². The number of hydrogen-bond donors (Lipinski definition) is 1. The molecule has 0 aromatic heterocycles. The van der Waals surface area contributed by atoms with Gasteiger partial charge in [-0.1, -0.05) is 48.5 Å². The minimum atomic E-state index is -0.698. The number of benzene rings is 2. The standard InChI is InChI=1S/C35H47N3O7S/c1-5-43-33(41)29(24-46-23-26-17-19-37(20-18-26)34(42)44-22-25-11-7-6-8-12-25)36-28-16-15-27-13-9-10-14-30(27)38(32(28)40)21-31(39)45-35(2,3)4/h6-14,26,28-29,36H,5,15-24H2,1-4H3/t28?,29-/m0/s1. The van der Waals surface area contributed by atoms with Gasteiger partial charge in [-0.25, -0.2) is 4.79 Å². The van der Waals surface area contributed by atoms with Gasteiger partial charge in [0.25, 0.3) is 0 Å². The highest BCUT2D eigenvalue weighted by atomic mass is 32.2. The highest BCUT2D eigenvalue weighted by molar-refractivity contribution is 7.99. The number of rotatable bonds is 12. The quantitative estimate of drug-likeness (QED) is 0.250. The van der Waals surface area contributed by atoms with Crippen molar-refractivity contribution in [3.8, 4) is 0 Å². The smallest absolute Gasteiger partial charge is 0.410 e. The topological polar surface area (TPSA) is 114 Å². The fourth-order valence-electron chi connectivity index (χ4n) is 5.65. The van der Waals surface area contributed by atoms with Crippen LogP contribution < -0.4 is 10.2 Å². The fraction of sp³-hybridized carbons (Fsp3) is 0.543. The molecule has 250 valence electrons. The van der Waals surface area contributed by atoms with Crippen LogP contribution in [0.3, 0.4) is 0 Å². The number of aryl methyl sites for hydroxylation is 1. The minimum absolute atomic E-state index is 0.220. The average Bonchev–Trinajstić information content (AvgIpc) is 3.15. The predicted octanol–water partition coefficient (Wildman–Crippen LogP) is 4.98. The van der Waals surface area contributed by atoms with E-state index in [4.69, 9.17) is 14.2 Å². The van der Waals surface area contributed by atoms with Crippen molar-refractivity contribution in [1.82, 2.24) is 10.2 Å². The largest absolute Gasteiger partial charge is 0.465 e. The number of nitrogens with one attached hydrogen (secondary N) is 1. The van der Waals surface area contributed by atoms with Gasteiger partial charge in [0.1, 0.15) is 24.8 Å². The molecule has 2 aromatic carbocycles. The third-order valence-electron chi connectivity index (χ3n) is 7.95. The normalized spacial score (nSPS) is 17.9. The summed E-state index contributed by atoms with van der Waals surface area (Å²) in [7, 11) is 0. The summed E-state index contributed by atoms with van der Waals surface area (Å²) in [4.78, 5) is 55.6. The third-order valence-corrected chi connectivity index (χ3v) is 9.22. The number of para-hydroxylation sites is 1. The zero-order chi connectivity index (χ0) is 33.1. The summed E-state index contributed by atoms with van der Waals surface area (Å²) in [6.07, 6.45) is 2.49. The van der Waals surface area contributed by atoms with E-state index in [9.17, 15) is 19.2 Å². The third kappa shape index (κ3) is 10.5. The molecular weight excluding hydrogens is 606 g/mol. The van der Waals surface area contributed by atoms with Gasteiger partial charge in [-0.15, -0.1) is 0 Å². The molecular formula is C35H47N3O7S. The molecule has 0 bridgehead atoms. The van der Waals surface area contributed by atoms with Crippen molar-refractivity contribution in [2.75, 3.05) is 42.6 Å². The summed E-state index contributed by atoms with van der Waals surface area (Å²) in [6.45, 7) is 8.66. The Bertz CT molecular complexity index is 1320. The van der Waals surface area contributed by atoms with E-state index in [-0.39, 0.29) is 31.8 Å². The van der Waals surface area contributed by atoms with E-state index in [0.29, 0.717) is 43.3 Å². The number of likely N-dealkylation sites (tertiary alicyclic amines) is 1. The molecule has 2 aliphatic rings. The Morgan fingerprint density at radius 2 is 1.67 bits per heavy atom. The number of carbonyl (C=O) groups excluding carboxylic acids is 4. The van der Waals surface area contributed by atoms with Crippen molar-refractivity contribution >= 4 is 41.4 Å². The van der Waals surface area contributed by atoms with E-state index in [1.165, 1.54) is 4.90 Å². The second-order valence-corrected chi connectivity index (χ2v) is 13.8. The number of esters is 2. The Labute approximate surface area is 276 Å². The summed E-state index contributed by atoms with van der Waals surface area (Å²) >= 11 is 1.64. The number of nitrogens with zero attached hydrogens (tertiary/aromatic N) is 2. The highest BCUT2D eigenvalue weighted by Gasteiger charge is 2.35. The molecule has 10 nitrogen and oxygen atoms in total. The van der Waals surface area contributed by atoms with Gasteiger partial charge in [0, 0.05) is 24.5 Å². The summed E-state index contributed by atoms with van der Waals surface area (Å²) in [5, 5.41) is 3.30. The van der Waals surface area contributed by atoms with E-state index in [1.807, 2.05) is 54.6 Å². The number of amides is 2. The van der Waals surface area contributed by atoms with Gasteiger partial charge in [0.2, 0.25) is 5.91 Å². The SMILES string of the molecule is CCOC(=O)[C@H](CSCC1CCN(C(=O)OCc2ccccc2)CC1)NC1CCc2ccccc2N(CC(=O)OC(C)(C)C)C1=O. The molecule has 1 N–H and O–H groups in total. The number of piperidine rings is 1. The number of ether oxygens (including phenoxy) is 3. The van der Waals surface area contributed by atoms with Gasteiger partial charge in [-0.05, 0) is 82.2 Å². The second-order valence-electron chi connectivity index (χ2n) is 12.7. The van der Waals surface area contributed by atoms with E-state index in [1.54, 1.807) is 44.4 Å². The summed E-state index contributed by atoms with van der Waals surface area (Å²) < 4.78 is 16.4. The average molecular weight is 654 g/mol. The molecule has 1 fully saturated rings. The van der Waals surface area contributed by atoms with Gasteiger partial charge >= 0.3 is 18.0 Å². The molecule has 46 heavy (non-hydrogen) atoms. The van der Waals surface area contributed by atoms with Gasteiger partial charge in [-0.3, -0.25) is 24.6 Å². The number of fused-ring (bicyclic) bond motifs is 1. The van der Waals surface area contributed by atoms with Crippen LogP contribution in [0.4, 0.5) is 10.5 Å².